The number of hydroxylamine groups is 4. The van der Waals surface area contributed by atoms with Crippen molar-refractivity contribution in [1.82, 2.24) is 10.1 Å². The van der Waals surface area contributed by atoms with Crippen LogP contribution in [0.5, 0.6) is 0 Å². The summed E-state index contributed by atoms with van der Waals surface area (Å²) in [5.41, 5.74) is 0. The first-order chi connectivity index (χ1) is 10.5. The molecule has 0 spiro atoms. The van der Waals surface area contributed by atoms with Crippen molar-refractivity contribution in [2.45, 2.75) is 44.9 Å². The molecule has 0 saturated carbocycles. The van der Waals surface area contributed by atoms with Crippen molar-refractivity contribution >= 4 is 29.6 Å². The standard InChI is InChI=1S/C13H16N2O7/c16-9-4-5-10(17)14(9)21-8-2-1-3-13(20)22-15-11(18)6-7-12(15)19/h1-8H2. The Morgan fingerprint density at radius 3 is 1.86 bits per heavy atom. The minimum absolute atomic E-state index is 0.00229. The number of rotatable bonds is 7. The molecule has 0 aliphatic carbocycles. The summed E-state index contributed by atoms with van der Waals surface area (Å²) in [6.45, 7) is 0.117. The second kappa shape index (κ2) is 7.12. The quantitative estimate of drug-likeness (QED) is 0.474. The lowest BCUT2D eigenvalue weighted by Gasteiger charge is -2.13. The molecule has 2 rings (SSSR count). The number of carbonyl (C=O) groups excluding carboxylic acids is 5. The minimum Gasteiger partial charge on any atom is -0.330 e. The molecule has 0 aromatic heterocycles. The molecular weight excluding hydrogens is 296 g/mol. The van der Waals surface area contributed by atoms with Crippen LogP contribution in [0.1, 0.15) is 44.9 Å². The highest BCUT2D eigenvalue weighted by Crippen LogP contribution is 2.14. The van der Waals surface area contributed by atoms with Crippen LogP contribution in [0, 0.1) is 0 Å². The van der Waals surface area contributed by atoms with Crippen molar-refractivity contribution in [3.63, 3.8) is 0 Å². The SMILES string of the molecule is O=C(CCCCON1C(=O)CCC1=O)ON1C(=O)CCC1=O. The molecule has 0 aromatic carbocycles. The Balaban J connectivity index is 1.59. The van der Waals surface area contributed by atoms with Crippen molar-refractivity contribution < 1.29 is 33.6 Å². The van der Waals surface area contributed by atoms with Gasteiger partial charge in [0.2, 0.25) is 0 Å². The van der Waals surface area contributed by atoms with E-state index in [1.54, 1.807) is 0 Å². The molecular formula is C13H16N2O7. The summed E-state index contributed by atoms with van der Waals surface area (Å²) in [4.78, 5) is 66.2. The third-order valence-electron chi connectivity index (χ3n) is 3.20. The van der Waals surface area contributed by atoms with Crippen molar-refractivity contribution in [2.24, 2.45) is 0 Å². The van der Waals surface area contributed by atoms with E-state index in [4.69, 9.17) is 4.84 Å². The van der Waals surface area contributed by atoms with E-state index < -0.39 is 17.8 Å². The molecule has 0 unspecified atom stereocenters. The fourth-order valence-corrected chi connectivity index (χ4v) is 2.03. The van der Waals surface area contributed by atoms with Crippen LogP contribution in [0.2, 0.25) is 0 Å². The highest BCUT2D eigenvalue weighted by molar-refractivity contribution is 6.01. The smallest absolute Gasteiger partial charge is 0.330 e. The number of carbonyl (C=O) groups is 5. The molecule has 0 atom stereocenters. The summed E-state index contributed by atoms with van der Waals surface area (Å²) in [6, 6.07) is 0. The van der Waals surface area contributed by atoms with E-state index in [1.165, 1.54) is 0 Å². The van der Waals surface area contributed by atoms with Gasteiger partial charge in [0.25, 0.3) is 23.6 Å². The van der Waals surface area contributed by atoms with Gasteiger partial charge >= 0.3 is 5.97 Å². The highest BCUT2D eigenvalue weighted by Gasteiger charge is 2.32. The van der Waals surface area contributed by atoms with Crippen LogP contribution in [0.15, 0.2) is 0 Å². The molecule has 22 heavy (non-hydrogen) atoms. The zero-order valence-corrected chi connectivity index (χ0v) is 11.9. The zero-order valence-electron chi connectivity index (χ0n) is 11.9. The molecule has 9 nitrogen and oxygen atoms in total. The van der Waals surface area contributed by atoms with Gasteiger partial charge in [0.15, 0.2) is 0 Å². The summed E-state index contributed by atoms with van der Waals surface area (Å²) in [7, 11) is 0. The Labute approximate surface area is 126 Å². The van der Waals surface area contributed by atoms with Gasteiger partial charge in [0.1, 0.15) is 0 Å². The third kappa shape index (κ3) is 3.88. The van der Waals surface area contributed by atoms with Crippen LogP contribution in [-0.4, -0.2) is 46.3 Å². The lowest BCUT2D eigenvalue weighted by Crippen LogP contribution is -2.32. The first-order valence-electron chi connectivity index (χ1n) is 7.04. The van der Waals surface area contributed by atoms with E-state index in [1.807, 2.05) is 0 Å². The van der Waals surface area contributed by atoms with E-state index in [2.05, 4.69) is 4.84 Å². The molecule has 2 fully saturated rings. The average molecular weight is 312 g/mol. The Bertz CT molecular complexity index is 485. The van der Waals surface area contributed by atoms with E-state index in [9.17, 15) is 24.0 Å². The van der Waals surface area contributed by atoms with Gasteiger partial charge in [-0.05, 0) is 12.8 Å². The molecule has 2 heterocycles. The fraction of sp³-hybridized carbons (Fsp3) is 0.615. The normalized spacial score (nSPS) is 18.5. The Morgan fingerprint density at radius 2 is 1.32 bits per heavy atom. The molecule has 2 saturated heterocycles. The second-order valence-electron chi connectivity index (χ2n) is 4.92. The van der Waals surface area contributed by atoms with Crippen molar-refractivity contribution in [2.75, 3.05) is 6.61 Å². The van der Waals surface area contributed by atoms with Crippen molar-refractivity contribution in [3.8, 4) is 0 Å². The number of unbranched alkanes of at least 4 members (excludes halogenated alkanes) is 1. The highest BCUT2D eigenvalue weighted by atomic mass is 16.7. The predicted molar refractivity (Wildman–Crippen MR) is 68.1 cm³/mol. The molecule has 2 aliphatic heterocycles. The van der Waals surface area contributed by atoms with Crippen LogP contribution in [0.4, 0.5) is 0 Å². The fourth-order valence-electron chi connectivity index (χ4n) is 2.03. The molecule has 0 radical (unpaired) electrons. The van der Waals surface area contributed by atoms with Gasteiger partial charge in [0, 0.05) is 32.1 Å². The van der Waals surface area contributed by atoms with Crippen LogP contribution < -0.4 is 0 Å². The maximum absolute atomic E-state index is 11.5. The van der Waals surface area contributed by atoms with Gasteiger partial charge in [-0.3, -0.25) is 24.0 Å². The van der Waals surface area contributed by atoms with Gasteiger partial charge in [-0.15, -0.1) is 5.06 Å². The van der Waals surface area contributed by atoms with Crippen molar-refractivity contribution in [1.29, 1.82) is 0 Å². The lowest BCUT2D eigenvalue weighted by molar-refractivity contribution is -0.197. The third-order valence-corrected chi connectivity index (χ3v) is 3.20. The molecule has 4 amide bonds. The van der Waals surface area contributed by atoms with Gasteiger partial charge < -0.3 is 4.84 Å². The van der Waals surface area contributed by atoms with E-state index in [-0.39, 0.29) is 50.5 Å². The summed E-state index contributed by atoms with van der Waals surface area (Å²) in [5.74, 6) is -2.46. The molecule has 0 aromatic rings. The lowest BCUT2D eigenvalue weighted by atomic mass is 10.2. The van der Waals surface area contributed by atoms with Crippen LogP contribution >= 0.6 is 0 Å². The minimum atomic E-state index is -0.683. The monoisotopic (exact) mass is 312 g/mol. The number of hydrogen-bond acceptors (Lipinski definition) is 7. The average Bonchev–Trinajstić information content (AvgIpc) is 2.96. The van der Waals surface area contributed by atoms with Crippen LogP contribution in [0.25, 0.3) is 0 Å². The summed E-state index contributed by atoms with van der Waals surface area (Å²) in [5, 5.41) is 1.25. The maximum atomic E-state index is 11.5. The van der Waals surface area contributed by atoms with Gasteiger partial charge in [-0.1, -0.05) is 0 Å². The van der Waals surface area contributed by atoms with Gasteiger partial charge in [0.05, 0.1) is 6.61 Å². The number of hydrogen-bond donors (Lipinski definition) is 0. The van der Waals surface area contributed by atoms with Crippen LogP contribution in [0.3, 0.4) is 0 Å². The van der Waals surface area contributed by atoms with Crippen LogP contribution in [-0.2, 0) is 33.6 Å². The maximum Gasteiger partial charge on any atom is 0.333 e. The predicted octanol–water partition coefficient (Wildman–Crippen LogP) is -0.155. The topological polar surface area (TPSA) is 110 Å². The first kappa shape index (κ1) is 16.1. The summed E-state index contributed by atoms with van der Waals surface area (Å²) < 4.78 is 0. The number of amides is 4. The molecule has 2 aliphatic rings. The Morgan fingerprint density at radius 1 is 0.818 bits per heavy atom. The van der Waals surface area contributed by atoms with E-state index in [0.717, 1.165) is 5.06 Å². The number of imide groups is 2. The Kier molecular flexibility index (Phi) is 5.21. The van der Waals surface area contributed by atoms with E-state index >= 15 is 0 Å². The van der Waals surface area contributed by atoms with E-state index in [0.29, 0.717) is 17.9 Å². The number of nitrogens with zero attached hydrogens (tertiary/aromatic N) is 2. The van der Waals surface area contributed by atoms with Crippen molar-refractivity contribution in [3.05, 3.63) is 0 Å². The summed E-state index contributed by atoms with van der Waals surface area (Å²) in [6.07, 6.45) is 1.23. The summed E-state index contributed by atoms with van der Waals surface area (Å²) >= 11 is 0. The van der Waals surface area contributed by atoms with Gasteiger partial charge in [-0.25, -0.2) is 4.79 Å². The first-order valence-corrected chi connectivity index (χ1v) is 7.04. The molecule has 0 bridgehead atoms. The zero-order chi connectivity index (χ0) is 16.1. The second-order valence-corrected chi connectivity index (χ2v) is 4.92. The van der Waals surface area contributed by atoms with Gasteiger partial charge in [-0.2, -0.15) is 5.06 Å². The largest absolute Gasteiger partial charge is 0.333 e. The Hall–Kier alpha value is -2.29. The molecule has 9 heteroatoms. The molecule has 0 N–H and O–H groups in total. The molecule has 120 valence electrons.